The van der Waals surface area contributed by atoms with Crippen LogP contribution in [0.1, 0.15) is 41.4 Å². The maximum absolute atomic E-state index is 12.5. The monoisotopic (exact) mass is 514 g/mol. The van der Waals surface area contributed by atoms with Gasteiger partial charge in [-0.2, -0.15) is 18.4 Å². The number of carbonyl (C=O) groups excluding carboxylic acids is 2. The summed E-state index contributed by atoms with van der Waals surface area (Å²) in [6, 6.07) is 13.9. The van der Waals surface area contributed by atoms with Crippen LogP contribution in [-0.2, 0) is 11.0 Å². The zero-order valence-corrected chi connectivity index (χ0v) is 20.0. The molecule has 0 spiro atoms. The number of ether oxygens (including phenoxy) is 1. The highest BCUT2D eigenvalue weighted by atomic mass is 19.4. The van der Waals surface area contributed by atoms with Crippen molar-refractivity contribution in [2.75, 3.05) is 19.6 Å². The van der Waals surface area contributed by atoms with Crippen molar-refractivity contribution in [3.63, 3.8) is 0 Å². The Balaban J connectivity index is 0.000000206. The van der Waals surface area contributed by atoms with E-state index >= 15 is 0 Å². The van der Waals surface area contributed by atoms with Crippen molar-refractivity contribution in [1.29, 1.82) is 5.26 Å². The van der Waals surface area contributed by atoms with Gasteiger partial charge >= 0.3 is 6.18 Å². The highest BCUT2D eigenvalue weighted by Gasteiger charge is 2.31. The standard InChI is InChI=1S/C13H14F3NO2.C12H11N5O/c14-13(15,16)10-2-1-3-12(8-10)19-11-4-6-17(9-18)7-5-11;1-2-14-12(18)10-8-17(16-15-10)11-6-4-3-5-9(11)7-13/h1-3,8-9,11H,4-7H2;3-6,8H,2H2,1H3,(H,14,18). The van der Waals surface area contributed by atoms with Crippen LogP contribution in [0.25, 0.3) is 5.69 Å². The van der Waals surface area contributed by atoms with Gasteiger partial charge in [0.1, 0.15) is 17.9 Å². The zero-order chi connectivity index (χ0) is 26.8. The number of halogens is 3. The van der Waals surface area contributed by atoms with Gasteiger partial charge in [0, 0.05) is 32.5 Å². The number of likely N-dealkylation sites (tertiary alicyclic amines) is 1. The molecule has 1 aliphatic rings. The lowest BCUT2D eigenvalue weighted by Gasteiger charge is -2.29. The minimum atomic E-state index is -4.36. The maximum atomic E-state index is 12.5. The third-order valence-electron chi connectivity index (χ3n) is 5.42. The van der Waals surface area contributed by atoms with E-state index in [1.165, 1.54) is 23.0 Å². The molecule has 4 rings (SSSR count). The molecule has 3 aromatic rings. The molecule has 0 atom stereocenters. The van der Waals surface area contributed by atoms with Crippen LogP contribution in [0, 0.1) is 11.3 Å². The van der Waals surface area contributed by atoms with Crippen LogP contribution in [0.4, 0.5) is 13.2 Å². The van der Waals surface area contributed by atoms with Gasteiger partial charge in [-0.3, -0.25) is 9.59 Å². The third kappa shape index (κ3) is 7.54. The van der Waals surface area contributed by atoms with Gasteiger partial charge in [0.25, 0.3) is 5.91 Å². The number of hydrogen-bond donors (Lipinski definition) is 1. The number of carbonyl (C=O) groups is 2. The van der Waals surface area contributed by atoms with Crippen molar-refractivity contribution >= 4 is 12.3 Å². The normalized spacial score (nSPS) is 13.6. The molecule has 0 bridgehead atoms. The molecule has 2 amide bonds. The fraction of sp³-hybridized carbons (Fsp3) is 0.320. The smallest absolute Gasteiger partial charge is 0.416 e. The van der Waals surface area contributed by atoms with E-state index in [1.54, 1.807) is 29.2 Å². The summed E-state index contributed by atoms with van der Waals surface area (Å²) in [5.74, 6) is -0.0578. The second-order valence-corrected chi connectivity index (χ2v) is 8.02. The predicted molar refractivity (Wildman–Crippen MR) is 127 cm³/mol. The Kier molecular flexibility index (Phi) is 9.21. The molecule has 12 heteroatoms. The number of benzene rings is 2. The summed E-state index contributed by atoms with van der Waals surface area (Å²) < 4.78 is 44.6. The highest BCUT2D eigenvalue weighted by molar-refractivity contribution is 5.91. The van der Waals surface area contributed by atoms with Crippen molar-refractivity contribution in [3.8, 4) is 17.5 Å². The molecule has 0 aliphatic carbocycles. The number of para-hydroxylation sites is 1. The van der Waals surface area contributed by atoms with Crippen LogP contribution in [0.3, 0.4) is 0 Å². The van der Waals surface area contributed by atoms with Crippen molar-refractivity contribution in [2.24, 2.45) is 0 Å². The van der Waals surface area contributed by atoms with Crippen LogP contribution < -0.4 is 10.1 Å². The number of nitrogens with zero attached hydrogens (tertiary/aromatic N) is 5. The molecule has 194 valence electrons. The van der Waals surface area contributed by atoms with Gasteiger partial charge in [-0.15, -0.1) is 5.10 Å². The topological polar surface area (TPSA) is 113 Å². The van der Waals surface area contributed by atoms with E-state index in [4.69, 9.17) is 10.00 Å². The van der Waals surface area contributed by atoms with E-state index in [1.807, 2.05) is 6.92 Å². The van der Waals surface area contributed by atoms with E-state index in [-0.39, 0.29) is 23.5 Å². The fourth-order valence-electron chi connectivity index (χ4n) is 3.54. The van der Waals surface area contributed by atoms with Crippen LogP contribution in [0.15, 0.2) is 54.7 Å². The first-order valence-electron chi connectivity index (χ1n) is 11.5. The average molecular weight is 515 g/mol. The Labute approximate surface area is 211 Å². The lowest BCUT2D eigenvalue weighted by atomic mass is 10.1. The molecule has 9 nitrogen and oxygen atoms in total. The Bertz CT molecular complexity index is 1250. The summed E-state index contributed by atoms with van der Waals surface area (Å²) in [6.07, 6.45) is -0.953. The van der Waals surface area contributed by atoms with E-state index < -0.39 is 11.7 Å². The number of alkyl halides is 3. The molecule has 1 saturated heterocycles. The van der Waals surface area contributed by atoms with Crippen LogP contribution in [0.2, 0.25) is 0 Å². The summed E-state index contributed by atoms with van der Waals surface area (Å²) in [6.45, 7) is 3.51. The molecule has 1 N–H and O–H groups in total. The van der Waals surface area contributed by atoms with Crippen molar-refractivity contribution in [3.05, 3.63) is 71.5 Å². The molecule has 0 saturated carbocycles. The summed E-state index contributed by atoms with van der Waals surface area (Å²) in [5, 5.41) is 19.3. The molecule has 37 heavy (non-hydrogen) atoms. The first-order chi connectivity index (χ1) is 17.7. The Morgan fingerprint density at radius 3 is 2.59 bits per heavy atom. The van der Waals surface area contributed by atoms with Crippen LogP contribution in [-0.4, -0.2) is 57.9 Å². The molecule has 1 fully saturated rings. The minimum Gasteiger partial charge on any atom is -0.490 e. The fourth-order valence-corrected chi connectivity index (χ4v) is 3.54. The zero-order valence-electron chi connectivity index (χ0n) is 20.0. The van der Waals surface area contributed by atoms with Gasteiger partial charge < -0.3 is 15.0 Å². The number of aromatic nitrogens is 3. The molecule has 2 aromatic carbocycles. The number of amides is 2. The van der Waals surface area contributed by atoms with Gasteiger partial charge in [-0.05, 0) is 37.3 Å². The average Bonchev–Trinajstić information content (AvgIpc) is 3.40. The summed E-state index contributed by atoms with van der Waals surface area (Å²) in [5.41, 5.74) is 0.591. The predicted octanol–water partition coefficient (Wildman–Crippen LogP) is 3.59. The lowest BCUT2D eigenvalue weighted by Crippen LogP contribution is -2.37. The molecule has 0 radical (unpaired) electrons. The second-order valence-electron chi connectivity index (χ2n) is 8.02. The summed E-state index contributed by atoms with van der Waals surface area (Å²) in [4.78, 5) is 23.7. The molecular weight excluding hydrogens is 489 g/mol. The van der Waals surface area contributed by atoms with Gasteiger partial charge in [-0.25, -0.2) is 4.68 Å². The van der Waals surface area contributed by atoms with Gasteiger partial charge in [-0.1, -0.05) is 23.4 Å². The highest BCUT2D eigenvalue weighted by Crippen LogP contribution is 2.32. The van der Waals surface area contributed by atoms with E-state index in [9.17, 15) is 22.8 Å². The molecular formula is C25H25F3N6O3. The SMILES string of the molecule is CCNC(=O)c1cn(-c2ccccc2C#N)nn1.O=CN1CCC(Oc2cccc(C(F)(F)F)c2)CC1. The molecule has 1 aliphatic heterocycles. The summed E-state index contributed by atoms with van der Waals surface area (Å²) in [7, 11) is 0. The molecule has 1 aromatic heterocycles. The maximum Gasteiger partial charge on any atom is 0.416 e. The number of rotatable bonds is 6. The summed E-state index contributed by atoms with van der Waals surface area (Å²) >= 11 is 0. The number of nitriles is 1. The van der Waals surface area contributed by atoms with Gasteiger partial charge in [0.2, 0.25) is 6.41 Å². The largest absolute Gasteiger partial charge is 0.490 e. The Morgan fingerprint density at radius 1 is 1.22 bits per heavy atom. The van der Waals surface area contributed by atoms with Crippen molar-refractivity contribution in [1.82, 2.24) is 25.2 Å². The van der Waals surface area contributed by atoms with Crippen LogP contribution >= 0.6 is 0 Å². The Hall–Kier alpha value is -4.40. The van der Waals surface area contributed by atoms with Crippen LogP contribution in [0.5, 0.6) is 5.75 Å². The number of piperidine rings is 1. The van der Waals surface area contributed by atoms with E-state index in [2.05, 4.69) is 21.7 Å². The van der Waals surface area contributed by atoms with Crippen molar-refractivity contribution in [2.45, 2.75) is 32.0 Å². The first-order valence-corrected chi connectivity index (χ1v) is 11.5. The number of nitrogens with one attached hydrogen (secondary N) is 1. The third-order valence-corrected chi connectivity index (χ3v) is 5.42. The lowest BCUT2D eigenvalue weighted by molar-refractivity contribution is -0.137. The Morgan fingerprint density at radius 2 is 1.95 bits per heavy atom. The van der Waals surface area contributed by atoms with Gasteiger partial charge in [0.05, 0.1) is 23.0 Å². The van der Waals surface area contributed by atoms with E-state index in [0.29, 0.717) is 43.7 Å². The second kappa shape index (κ2) is 12.5. The van der Waals surface area contributed by atoms with Crippen molar-refractivity contribution < 1.29 is 27.5 Å². The molecule has 0 unspecified atom stereocenters. The number of hydrogen-bond acceptors (Lipinski definition) is 6. The minimum absolute atomic E-state index is 0.139. The quantitative estimate of drug-likeness (QED) is 0.503. The van der Waals surface area contributed by atoms with E-state index in [0.717, 1.165) is 18.5 Å². The molecule has 2 heterocycles. The first kappa shape index (κ1) is 27.2. The van der Waals surface area contributed by atoms with Gasteiger partial charge in [0.15, 0.2) is 5.69 Å².